The van der Waals surface area contributed by atoms with E-state index in [1.54, 1.807) is 19.9 Å². The Morgan fingerprint density at radius 3 is 2.70 bits per heavy atom. The molecule has 0 saturated heterocycles. The summed E-state index contributed by atoms with van der Waals surface area (Å²) >= 11 is 0. The average molecular weight is 278 g/mol. The molecule has 0 spiro atoms. The summed E-state index contributed by atoms with van der Waals surface area (Å²) in [7, 11) is 0. The molecule has 5 heteroatoms. The molecule has 0 saturated carbocycles. The molecular formula is C15H22N2O3. The highest BCUT2D eigenvalue weighted by atomic mass is 16.5. The lowest BCUT2D eigenvalue weighted by atomic mass is 9.96. The van der Waals surface area contributed by atoms with Crippen molar-refractivity contribution in [2.75, 3.05) is 17.2 Å². The number of nitrogens with zero attached hydrogens (tertiary/aromatic N) is 1. The number of hydrogen-bond acceptors (Lipinski definition) is 4. The highest BCUT2D eigenvalue weighted by Crippen LogP contribution is 2.42. The Labute approximate surface area is 119 Å². The Kier molecular flexibility index (Phi) is 3.54. The monoisotopic (exact) mass is 278 g/mol. The molecule has 3 N–H and O–H groups in total. The molecule has 0 aliphatic carbocycles. The number of hydrogen-bond donors (Lipinski definition) is 2. The summed E-state index contributed by atoms with van der Waals surface area (Å²) in [6.07, 6.45) is -0.0528. The van der Waals surface area contributed by atoms with Crippen LogP contribution in [0.5, 0.6) is 5.75 Å². The van der Waals surface area contributed by atoms with Gasteiger partial charge in [0.05, 0.1) is 12.2 Å². The highest BCUT2D eigenvalue weighted by molar-refractivity contribution is 5.87. The molecule has 0 fully saturated rings. The van der Waals surface area contributed by atoms with E-state index in [-0.39, 0.29) is 12.0 Å². The number of carboxylic acid groups (broad SMARTS) is 1. The van der Waals surface area contributed by atoms with Crippen LogP contribution in [-0.2, 0) is 4.79 Å². The topological polar surface area (TPSA) is 75.8 Å². The second-order valence-electron chi connectivity index (χ2n) is 6.07. The van der Waals surface area contributed by atoms with Gasteiger partial charge in [-0.2, -0.15) is 0 Å². The fourth-order valence-electron chi connectivity index (χ4n) is 2.36. The lowest BCUT2D eigenvalue weighted by Gasteiger charge is -2.45. The standard InChI is InChI=1S/C15H22N2O3/c1-9(2)12-8-17(15(3,4)14(18)19)13-10(16)6-5-7-11(13)20-12/h5-7,9,12H,8,16H2,1-4H3,(H,18,19). The number of ether oxygens (including phenoxy) is 1. The van der Waals surface area contributed by atoms with Gasteiger partial charge in [0.25, 0.3) is 0 Å². The first-order valence-electron chi connectivity index (χ1n) is 6.81. The molecule has 1 heterocycles. The molecule has 1 aliphatic rings. The van der Waals surface area contributed by atoms with Crippen molar-refractivity contribution in [3.05, 3.63) is 18.2 Å². The Hall–Kier alpha value is -1.91. The molecule has 1 unspecified atom stereocenters. The van der Waals surface area contributed by atoms with Gasteiger partial charge in [0.1, 0.15) is 23.1 Å². The van der Waals surface area contributed by atoms with Crippen LogP contribution < -0.4 is 15.4 Å². The first kappa shape index (κ1) is 14.5. The van der Waals surface area contributed by atoms with Gasteiger partial charge in [-0.3, -0.25) is 0 Å². The molecule has 0 radical (unpaired) electrons. The van der Waals surface area contributed by atoms with Crippen molar-refractivity contribution in [1.29, 1.82) is 0 Å². The molecule has 1 aliphatic heterocycles. The van der Waals surface area contributed by atoms with E-state index >= 15 is 0 Å². The van der Waals surface area contributed by atoms with Crippen molar-refractivity contribution in [1.82, 2.24) is 0 Å². The van der Waals surface area contributed by atoms with Crippen LogP contribution in [0.15, 0.2) is 18.2 Å². The first-order valence-corrected chi connectivity index (χ1v) is 6.81. The summed E-state index contributed by atoms with van der Waals surface area (Å²) in [5.74, 6) is 0.0667. The number of rotatable bonds is 3. The van der Waals surface area contributed by atoms with Crippen LogP contribution in [0.4, 0.5) is 11.4 Å². The largest absolute Gasteiger partial charge is 0.486 e. The number of carboxylic acids is 1. The van der Waals surface area contributed by atoms with Gasteiger partial charge in [-0.1, -0.05) is 19.9 Å². The number of fused-ring (bicyclic) bond motifs is 1. The van der Waals surface area contributed by atoms with Crippen molar-refractivity contribution < 1.29 is 14.6 Å². The minimum absolute atomic E-state index is 0.0528. The molecular weight excluding hydrogens is 256 g/mol. The highest BCUT2D eigenvalue weighted by Gasteiger charge is 2.41. The Balaban J connectivity index is 2.54. The Morgan fingerprint density at radius 1 is 1.50 bits per heavy atom. The number of nitrogens with two attached hydrogens (primary N) is 1. The maximum atomic E-state index is 11.6. The maximum Gasteiger partial charge on any atom is 0.328 e. The van der Waals surface area contributed by atoms with Crippen molar-refractivity contribution in [2.24, 2.45) is 5.92 Å². The molecule has 0 bridgehead atoms. The number of aliphatic carboxylic acids is 1. The predicted octanol–water partition coefficient (Wildman–Crippen LogP) is 2.36. The second-order valence-corrected chi connectivity index (χ2v) is 6.07. The quantitative estimate of drug-likeness (QED) is 0.830. The zero-order chi connectivity index (χ0) is 15.1. The van der Waals surface area contributed by atoms with E-state index in [0.29, 0.717) is 23.7 Å². The molecule has 0 amide bonds. The van der Waals surface area contributed by atoms with E-state index in [1.807, 2.05) is 17.0 Å². The number of carbonyl (C=O) groups is 1. The van der Waals surface area contributed by atoms with E-state index < -0.39 is 11.5 Å². The minimum Gasteiger partial charge on any atom is -0.486 e. The van der Waals surface area contributed by atoms with Crippen LogP contribution in [0.25, 0.3) is 0 Å². The van der Waals surface area contributed by atoms with Gasteiger partial charge in [0, 0.05) is 0 Å². The van der Waals surface area contributed by atoms with Crippen LogP contribution >= 0.6 is 0 Å². The van der Waals surface area contributed by atoms with Gasteiger partial charge in [-0.05, 0) is 31.9 Å². The molecule has 20 heavy (non-hydrogen) atoms. The van der Waals surface area contributed by atoms with Crippen molar-refractivity contribution >= 4 is 17.3 Å². The van der Waals surface area contributed by atoms with E-state index in [2.05, 4.69) is 13.8 Å². The van der Waals surface area contributed by atoms with E-state index in [9.17, 15) is 9.90 Å². The van der Waals surface area contributed by atoms with Gasteiger partial charge in [-0.25, -0.2) is 4.79 Å². The average Bonchev–Trinajstić information content (AvgIpc) is 2.37. The Morgan fingerprint density at radius 2 is 2.15 bits per heavy atom. The third-order valence-electron chi connectivity index (χ3n) is 3.88. The van der Waals surface area contributed by atoms with Crippen LogP contribution in [0, 0.1) is 5.92 Å². The Bertz CT molecular complexity index is 526. The number of nitrogen functional groups attached to an aromatic ring is 1. The van der Waals surface area contributed by atoms with Crippen LogP contribution in [0.3, 0.4) is 0 Å². The van der Waals surface area contributed by atoms with Gasteiger partial charge in [0.2, 0.25) is 0 Å². The third kappa shape index (κ3) is 2.28. The van der Waals surface area contributed by atoms with Gasteiger partial charge in [-0.15, -0.1) is 0 Å². The number of anilines is 2. The second kappa shape index (κ2) is 4.89. The van der Waals surface area contributed by atoms with Crippen LogP contribution in [0.2, 0.25) is 0 Å². The summed E-state index contributed by atoms with van der Waals surface area (Å²) in [5.41, 5.74) is 6.21. The zero-order valence-corrected chi connectivity index (χ0v) is 12.4. The van der Waals surface area contributed by atoms with Crippen LogP contribution in [0.1, 0.15) is 27.7 Å². The molecule has 5 nitrogen and oxygen atoms in total. The molecule has 0 aromatic heterocycles. The zero-order valence-electron chi connectivity index (χ0n) is 12.4. The molecule has 1 aromatic rings. The lowest BCUT2D eigenvalue weighted by molar-refractivity contribution is -0.142. The molecule has 110 valence electrons. The fraction of sp³-hybridized carbons (Fsp3) is 0.533. The number of benzene rings is 1. The van der Waals surface area contributed by atoms with Crippen molar-refractivity contribution in [3.8, 4) is 5.75 Å². The normalized spacial score (nSPS) is 18.6. The first-order chi connectivity index (χ1) is 9.25. The summed E-state index contributed by atoms with van der Waals surface area (Å²) in [4.78, 5) is 13.4. The lowest BCUT2D eigenvalue weighted by Crippen LogP contribution is -2.56. The van der Waals surface area contributed by atoms with E-state index in [0.717, 1.165) is 0 Å². The molecule has 1 aromatic carbocycles. The van der Waals surface area contributed by atoms with Crippen molar-refractivity contribution in [2.45, 2.75) is 39.3 Å². The smallest absolute Gasteiger partial charge is 0.328 e. The van der Waals surface area contributed by atoms with Gasteiger partial charge >= 0.3 is 5.97 Å². The predicted molar refractivity (Wildman–Crippen MR) is 79.2 cm³/mol. The van der Waals surface area contributed by atoms with Crippen LogP contribution in [-0.4, -0.2) is 29.3 Å². The third-order valence-corrected chi connectivity index (χ3v) is 3.88. The fourth-order valence-corrected chi connectivity index (χ4v) is 2.36. The van der Waals surface area contributed by atoms with Crippen molar-refractivity contribution in [3.63, 3.8) is 0 Å². The van der Waals surface area contributed by atoms with Gasteiger partial charge in [0.15, 0.2) is 0 Å². The molecule has 1 atom stereocenters. The summed E-state index contributed by atoms with van der Waals surface area (Å²) in [5, 5.41) is 9.51. The summed E-state index contributed by atoms with van der Waals surface area (Å²) in [6, 6.07) is 5.43. The maximum absolute atomic E-state index is 11.6. The molecule has 2 rings (SSSR count). The summed E-state index contributed by atoms with van der Waals surface area (Å²) in [6.45, 7) is 8.02. The van der Waals surface area contributed by atoms with E-state index in [4.69, 9.17) is 10.5 Å². The number of para-hydroxylation sites is 1. The minimum atomic E-state index is -1.04. The summed E-state index contributed by atoms with van der Waals surface area (Å²) < 4.78 is 5.96. The van der Waals surface area contributed by atoms with E-state index in [1.165, 1.54) is 0 Å². The SMILES string of the molecule is CC(C)C1CN(C(C)(C)C(=O)O)c2c(N)cccc2O1. The van der Waals surface area contributed by atoms with Gasteiger partial charge < -0.3 is 20.5 Å².